The SMILES string of the molecule is CC(=O)OCC1=C(C(=O)O)N2C(=O)[C@@H](NC(=O)C(=NOCC(=O)O)c3nc(N)sc3C)[C@H]2SC1. The van der Waals surface area contributed by atoms with E-state index in [-0.39, 0.29) is 40.2 Å². The number of amides is 2. The number of β-lactam (4-membered cyclic amide) rings is 1. The van der Waals surface area contributed by atoms with Crippen LogP contribution in [0.15, 0.2) is 16.4 Å². The molecule has 3 rings (SSSR count). The number of carbonyl (C=O) groups is 5. The molecule has 0 aromatic carbocycles. The molecule has 2 atom stereocenters. The lowest BCUT2D eigenvalue weighted by Gasteiger charge is -2.49. The Labute approximate surface area is 199 Å². The molecule has 1 fully saturated rings. The molecule has 0 unspecified atom stereocenters. The zero-order chi connectivity index (χ0) is 25.2. The van der Waals surface area contributed by atoms with Crippen LogP contribution in [-0.2, 0) is 33.5 Å². The van der Waals surface area contributed by atoms with Gasteiger partial charge in [-0.3, -0.25) is 19.3 Å². The van der Waals surface area contributed by atoms with Crippen LogP contribution in [0.4, 0.5) is 5.13 Å². The average molecular weight is 514 g/mol. The first-order valence-electron chi connectivity index (χ1n) is 9.50. The molecule has 2 aliphatic rings. The maximum Gasteiger partial charge on any atom is 0.352 e. The number of anilines is 1. The number of aromatic nitrogens is 1. The number of ether oxygens (including phenoxy) is 1. The molecule has 16 heteroatoms. The summed E-state index contributed by atoms with van der Waals surface area (Å²) >= 11 is 2.25. The third-order valence-electron chi connectivity index (χ3n) is 4.58. The van der Waals surface area contributed by atoms with Crippen LogP contribution in [0.5, 0.6) is 0 Å². The number of aryl methyl sites for hydroxylation is 1. The van der Waals surface area contributed by atoms with Gasteiger partial charge in [0.15, 0.2) is 10.8 Å². The van der Waals surface area contributed by atoms with Gasteiger partial charge in [0.25, 0.3) is 11.8 Å². The number of thioether (sulfide) groups is 1. The maximum absolute atomic E-state index is 12.9. The summed E-state index contributed by atoms with van der Waals surface area (Å²) in [6.45, 7) is 1.70. The fraction of sp³-hybridized carbons (Fsp3) is 0.389. The van der Waals surface area contributed by atoms with Crippen LogP contribution in [0.3, 0.4) is 0 Å². The molecule has 0 radical (unpaired) electrons. The minimum absolute atomic E-state index is 0.0557. The number of nitrogens with two attached hydrogens (primary N) is 1. The molecule has 14 nitrogen and oxygen atoms in total. The van der Waals surface area contributed by atoms with Crippen molar-refractivity contribution < 1.29 is 43.8 Å². The van der Waals surface area contributed by atoms with Gasteiger partial charge in [-0.25, -0.2) is 14.6 Å². The van der Waals surface area contributed by atoms with E-state index in [1.165, 1.54) is 18.7 Å². The van der Waals surface area contributed by atoms with E-state index in [0.29, 0.717) is 4.88 Å². The molecule has 0 aliphatic carbocycles. The Morgan fingerprint density at radius 1 is 1.32 bits per heavy atom. The second-order valence-corrected chi connectivity index (χ2v) is 9.30. The Kier molecular flexibility index (Phi) is 7.41. The molecule has 1 saturated heterocycles. The van der Waals surface area contributed by atoms with Gasteiger partial charge >= 0.3 is 17.9 Å². The standard InChI is InChI=1S/C18H19N5O9S2/c1-6-10(21-18(19)34-6)11(22-32-4-9(25)26)14(27)20-12-15(28)23-13(17(29)30)8(3-31-7(2)24)5-33-16(12)23/h12,16H,3-5H2,1-2H3,(H2,19,21)(H,20,27)(H,25,26)(H,29,30)/t12-,16-/m1/s1. The van der Waals surface area contributed by atoms with Crippen LogP contribution in [0.1, 0.15) is 17.5 Å². The Morgan fingerprint density at radius 3 is 2.59 bits per heavy atom. The summed E-state index contributed by atoms with van der Waals surface area (Å²) in [6.07, 6.45) is 0. The number of thiazole rings is 1. The summed E-state index contributed by atoms with van der Waals surface area (Å²) in [6, 6.07) is -1.09. The monoisotopic (exact) mass is 513 g/mol. The Morgan fingerprint density at radius 2 is 2.03 bits per heavy atom. The van der Waals surface area contributed by atoms with Gasteiger partial charge in [-0.2, -0.15) is 0 Å². The summed E-state index contributed by atoms with van der Waals surface area (Å²) < 4.78 is 4.88. The molecular formula is C18H19N5O9S2. The number of nitrogen functional groups attached to an aromatic ring is 1. The number of aliphatic carboxylic acids is 2. The maximum atomic E-state index is 12.9. The van der Waals surface area contributed by atoms with Gasteiger partial charge in [-0.05, 0) is 6.92 Å². The van der Waals surface area contributed by atoms with Crippen LogP contribution in [0, 0.1) is 6.92 Å². The van der Waals surface area contributed by atoms with Crippen molar-refractivity contribution in [1.29, 1.82) is 0 Å². The molecule has 1 aromatic rings. The number of carboxylic acid groups (broad SMARTS) is 2. The largest absolute Gasteiger partial charge is 0.479 e. The van der Waals surface area contributed by atoms with E-state index in [1.807, 2.05) is 0 Å². The highest BCUT2D eigenvalue weighted by Crippen LogP contribution is 2.40. The zero-order valence-corrected chi connectivity index (χ0v) is 19.4. The number of nitrogens with zero attached hydrogens (tertiary/aromatic N) is 3. The minimum atomic E-state index is -1.37. The van der Waals surface area contributed by atoms with Crippen LogP contribution < -0.4 is 11.1 Å². The number of hydrogen-bond acceptors (Lipinski definition) is 12. The van der Waals surface area contributed by atoms with Crippen LogP contribution >= 0.6 is 23.1 Å². The highest BCUT2D eigenvalue weighted by Gasteiger charge is 2.54. The van der Waals surface area contributed by atoms with Crippen LogP contribution in [0.2, 0.25) is 0 Å². The number of nitrogens with one attached hydrogen (secondary N) is 1. The molecule has 182 valence electrons. The summed E-state index contributed by atoms with van der Waals surface area (Å²) in [4.78, 5) is 69.6. The third kappa shape index (κ3) is 5.12. The number of hydrogen-bond donors (Lipinski definition) is 4. The van der Waals surface area contributed by atoms with Gasteiger partial charge in [0.05, 0.1) is 0 Å². The number of fused-ring (bicyclic) bond motifs is 1. The molecule has 3 heterocycles. The molecule has 34 heavy (non-hydrogen) atoms. The topological polar surface area (TPSA) is 211 Å². The van der Waals surface area contributed by atoms with Crippen molar-refractivity contribution in [2.24, 2.45) is 5.16 Å². The number of esters is 1. The van der Waals surface area contributed by atoms with Crippen molar-refractivity contribution in [3.63, 3.8) is 0 Å². The quantitative estimate of drug-likeness (QED) is 0.137. The molecule has 0 spiro atoms. The second-order valence-electron chi connectivity index (χ2n) is 6.96. The third-order valence-corrected chi connectivity index (χ3v) is 6.72. The van der Waals surface area contributed by atoms with Crippen molar-refractivity contribution >= 4 is 63.7 Å². The van der Waals surface area contributed by atoms with E-state index in [1.54, 1.807) is 6.92 Å². The lowest BCUT2D eigenvalue weighted by molar-refractivity contribution is -0.150. The summed E-state index contributed by atoms with van der Waals surface area (Å²) in [7, 11) is 0. The molecule has 2 amide bonds. The predicted molar refractivity (Wildman–Crippen MR) is 118 cm³/mol. The minimum Gasteiger partial charge on any atom is -0.479 e. The van der Waals surface area contributed by atoms with Gasteiger partial charge in [0, 0.05) is 23.1 Å². The number of rotatable bonds is 9. The van der Waals surface area contributed by atoms with Crippen molar-refractivity contribution in [3.05, 3.63) is 21.8 Å². The van der Waals surface area contributed by atoms with Gasteiger partial charge in [-0.15, -0.1) is 23.1 Å². The molecular weight excluding hydrogens is 494 g/mol. The van der Waals surface area contributed by atoms with Gasteiger partial charge in [-0.1, -0.05) is 5.16 Å². The summed E-state index contributed by atoms with van der Waals surface area (Å²) in [5, 5.41) is 23.8. The number of carbonyl (C=O) groups excluding carboxylic acids is 3. The van der Waals surface area contributed by atoms with E-state index in [9.17, 15) is 29.1 Å². The van der Waals surface area contributed by atoms with Gasteiger partial charge in [0.1, 0.15) is 29.4 Å². The van der Waals surface area contributed by atoms with E-state index >= 15 is 0 Å². The number of oxime groups is 1. The van der Waals surface area contributed by atoms with E-state index in [4.69, 9.17) is 20.4 Å². The first kappa shape index (κ1) is 25.0. The Hall–Kier alpha value is -3.66. The summed E-state index contributed by atoms with van der Waals surface area (Å²) in [5.74, 6) is -4.71. The molecule has 2 aliphatic heterocycles. The Balaban J connectivity index is 1.81. The lowest BCUT2D eigenvalue weighted by atomic mass is 10.0. The zero-order valence-electron chi connectivity index (χ0n) is 17.8. The average Bonchev–Trinajstić information content (AvgIpc) is 3.09. The summed E-state index contributed by atoms with van der Waals surface area (Å²) in [5.41, 5.74) is 5.29. The highest BCUT2D eigenvalue weighted by atomic mass is 32.2. The first-order valence-corrected chi connectivity index (χ1v) is 11.4. The van der Waals surface area contributed by atoms with E-state index < -0.39 is 47.7 Å². The van der Waals surface area contributed by atoms with Crippen LogP contribution in [0.25, 0.3) is 0 Å². The second kappa shape index (κ2) is 10.1. The highest BCUT2D eigenvalue weighted by molar-refractivity contribution is 8.00. The Bertz CT molecular complexity index is 1130. The van der Waals surface area contributed by atoms with Crippen molar-refractivity contribution in [3.8, 4) is 0 Å². The molecule has 1 aromatic heterocycles. The fourth-order valence-electron chi connectivity index (χ4n) is 3.17. The van der Waals surface area contributed by atoms with Gasteiger partial charge in [0.2, 0.25) is 6.61 Å². The molecule has 0 saturated carbocycles. The molecule has 5 N–H and O–H groups in total. The predicted octanol–water partition coefficient (Wildman–Crippen LogP) is -0.859. The smallest absolute Gasteiger partial charge is 0.352 e. The first-order chi connectivity index (χ1) is 16.0. The van der Waals surface area contributed by atoms with Crippen LogP contribution in [-0.4, -0.2) is 85.9 Å². The number of carboxylic acids is 2. The lowest BCUT2D eigenvalue weighted by Crippen LogP contribution is -2.71. The van der Waals surface area contributed by atoms with Crippen molar-refractivity contribution in [2.75, 3.05) is 24.7 Å². The van der Waals surface area contributed by atoms with Crippen molar-refractivity contribution in [1.82, 2.24) is 15.2 Å². The van der Waals surface area contributed by atoms with Crippen molar-refractivity contribution in [2.45, 2.75) is 25.3 Å². The fourth-order valence-corrected chi connectivity index (χ4v) is 5.19. The van der Waals surface area contributed by atoms with E-state index in [0.717, 1.165) is 16.2 Å². The van der Waals surface area contributed by atoms with Gasteiger partial charge < -0.3 is 30.8 Å². The molecule has 0 bridgehead atoms. The van der Waals surface area contributed by atoms with E-state index in [2.05, 4.69) is 15.5 Å². The normalized spacial score (nSPS) is 19.8.